The number of nitrogens with zero attached hydrogens (tertiary/aromatic N) is 3. The molecule has 118 valence electrons. The molecular weight excluding hydrogens is 328 g/mol. The van der Waals surface area contributed by atoms with Crippen molar-refractivity contribution in [3.05, 3.63) is 40.4 Å². The third-order valence-corrected chi connectivity index (χ3v) is 5.25. The molecule has 5 nitrogen and oxygen atoms in total. The van der Waals surface area contributed by atoms with Gasteiger partial charge < -0.3 is 0 Å². The van der Waals surface area contributed by atoms with E-state index in [-0.39, 0.29) is 11.3 Å². The maximum atomic E-state index is 12.0. The zero-order valence-corrected chi connectivity index (χ0v) is 14.7. The second-order valence-corrected chi connectivity index (χ2v) is 8.04. The summed E-state index contributed by atoms with van der Waals surface area (Å²) in [5, 5.41) is 13.0. The highest BCUT2D eigenvalue weighted by Crippen LogP contribution is 2.27. The molecule has 1 amide bonds. The van der Waals surface area contributed by atoms with E-state index in [1.165, 1.54) is 17.4 Å². The average molecular weight is 344 g/mol. The van der Waals surface area contributed by atoms with Crippen molar-refractivity contribution in [2.75, 3.05) is 5.32 Å². The molecule has 1 N–H and O–H groups in total. The molecule has 23 heavy (non-hydrogen) atoms. The zero-order valence-electron chi connectivity index (χ0n) is 13.0. The van der Waals surface area contributed by atoms with E-state index in [0.717, 1.165) is 20.2 Å². The van der Waals surface area contributed by atoms with Crippen molar-refractivity contribution in [1.29, 1.82) is 0 Å². The predicted octanol–water partition coefficient (Wildman–Crippen LogP) is 4.10. The van der Waals surface area contributed by atoms with Crippen LogP contribution >= 0.6 is 22.7 Å². The Balaban J connectivity index is 1.68. The highest BCUT2D eigenvalue weighted by molar-refractivity contribution is 7.19. The number of aromatic nitrogens is 3. The fourth-order valence-electron chi connectivity index (χ4n) is 1.83. The lowest BCUT2D eigenvalue weighted by Crippen LogP contribution is -2.10. The first-order chi connectivity index (χ1) is 10.9. The monoisotopic (exact) mass is 344 g/mol. The SMILES string of the molecule is CC(C)(C)c1nnc(NC(=O)C=Cc2nc3ccccc3s2)s1. The number of hydrogen-bond donors (Lipinski definition) is 1. The summed E-state index contributed by atoms with van der Waals surface area (Å²) in [6, 6.07) is 7.89. The van der Waals surface area contributed by atoms with E-state index in [1.807, 2.05) is 24.3 Å². The lowest BCUT2D eigenvalue weighted by atomic mass is 9.98. The minimum Gasteiger partial charge on any atom is -0.297 e. The molecule has 7 heteroatoms. The van der Waals surface area contributed by atoms with Gasteiger partial charge in [-0.05, 0) is 18.2 Å². The zero-order chi connectivity index (χ0) is 16.4. The van der Waals surface area contributed by atoms with E-state index in [4.69, 9.17) is 0 Å². The smallest absolute Gasteiger partial charge is 0.250 e. The van der Waals surface area contributed by atoms with Crippen LogP contribution in [0, 0.1) is 0 Å². The van der Waals surface area contributed by atoms with Crippen molar-refractivity contribution >= 4 is 50.0 Å². The summed E-state index contributed by atoms with van der Waals surface area (Å²) in [5.41, 5.74) is 0.869. The van der Waals surface area contributed by atoms with Crippen molar-refractivity contribution in [1.82, 2.24) is 15.2 Å². The summed E-state index contributed by atoms with van der Waals surface area (Å²) in [4.78, 5) is 16.4. The highest BCUT2D eigenvalue weighted by Gasteiger charge is 2.19. The van der Waals surface area contributed by atoms with Crippen molar-refractivity contribution in [2.24, 2.45) is 0 Å². The van der Waals surface area contributed by atoms with Gasteiger partial charge in [0.2, 0.25) is 11.0 Å². The number of para-hydroxylation sites is 1. The van der Waals surface area contributed by atoms with E-state index in [1.54, 1.807) is 17.4 Å². The maximum absolute atomic E-state index is 12.0. The van der Waals surface area contributed by atoms with E-state index < -0.39 is 0 Å². The van der Waals surface area contributed by atoms with Gasteiger partial charge in [0.25, 0.3) is 0 Å². The minimum absolute atomic E-state index is 0.0719. The number of carbonyl (C=O) groups is 1. The van der Waals surface area contributed by atoms with Crippen LogP contribution < -0.4 is 5.32 Å². The number of fused-ring (bicyclic) bond motifs is 1. The Bertz CT molecular complexity index is 840. The van der Waals surface area contributed by atoms with Crippen LogP contribution in [0.5, 0.6) is 0 Å². The van der Waals surface area contributed by atoms with Gasteiger partial charge in [-0.15, -0.1) is 21.5 Å². The van der Waals surface area contributed by atoms with Crippen molar-refractivity contribution in [3.8, 4) is 0 Å². The van der Waals surface area contributed by atoms with Gasteiger partial charge in [-0.1, -0.05) is 44.2 Å². The minimum atomic E-state index is -0.235. The Morgan fingerprint density at radius 3 is 2.65 bits per heavy atom. The van der Waals surface area contributed by atoms with Gasteiger partial charge in [0.15, 0.2) is 0 Å². The second-order valence-electron chi connectivity index (χ2n) is 6.00. The van der Waals surface area contributed by atoms with E-state index in [2.05, 4.69) is 41.3 Å². The molecular formula is C16H16N4OS2. The van der Waals surface area contributed by atoms with Gasteiger partial charge in [-0.25, -0.2) is 4.98 Å². The Kier molecular flexibility index (Phi) is 4.23. The summed E-state index contributed by atoms with van der Waals surface area (Å²) in [7, 11) is 0. The average Bonchev–Trinajstić information content (AvgIpc) is 3.10. The molecule has 0 unspecified atom stereocenters. The largest absolute Gasteiger partial charge is 0.297 e. The summed E-state index contributed by atoms with van der Waals surface area (Å²) in [6.07, 6.45) is 3.18. The summed E-state index contributed by atoms with van der Waals surface area (Å²) < 4.78 is 1.10. The quantitative estimate of drug-likeness (QED) is 0.727. The van der Waals surface area contributed by atoms with Gasteiger partial charge in [0, 0.05) is 11.5 Å². The number of hydrogen-bond acceptors (Lipinski definition) is 6. The lowest BCUT2D eigenvalue weighted by molar-refractivity contribution is -0.111. The van der Waals surface area contributed by atoms with Crippen molar-refractivity contribution in [2.45, 2.75) is 26.2 Å². The number of benzene rings is 1. The summed E-state index contributed by atoms with van der Waals surface area (Å²) in [6.45, 7) is 6.18. The number of nitrogens with one attached hydrogen (secondary N) is 1. The molecule has 2 heterocycles. The van der Waals surface area contributed by atoms with Gasteiger partial charge in [0.1, 0.15) is 10.0 Å². The molecule has 0 atom stereocenters. The van der Waals surface area contributed by atoms with E-state index in [0.29, 0.717) is 5.13 Å². The van der Waals surface area contributed by atoms with Crippen molar-refractivity contribution in [3.63, 3.8) is 0 Å². The van der Waals surface area contributed by atoms with E-state index in [9.17, 15) is 4.79 Å². The van der Waals surface area contributed by atoms with Gasteiger partial charge >= 0.3 is 0 Å². The molecule has 0 radical (unpaired) electrons. The Morgan fingerprint density at radius 1 is 1.17 bits per heavy atom. The number of rotatable bonds is 3. The Hall–Kier alpha value is -2.12. The third kappa shape index (κ3) is 3.80. The van der Waals surface area contributed by atoms with Gasteiger partial charge in [-0.3, -0.25) is 10.1 Å². The van der Waals surface area contributed by atoms with Crippen LogP contribution in [0.4, 0.5) is 5.13 Å². The van der Waals surface area contributed by atoms with Crippen LogP contribution in [0.15, 0.2) is 30.3 Å². The fourth-order valence-corrected chi connectivity index (χ4v) is 3.51. The Morgan fingerprint density at radius 2 is 1.96 bits per heavy atom. The number of amides is 1. The van der Waals surface area contributed by atoms with Crippen LogP contribution in [0.25, 0.3) is 16.3 Å². The Labute approximate surface area is 142 Å². The molecule has 1 aromatic carbocycles. The molecule has 0 aliphatic carbocycles. The molecule has 2 aromatic heterocycles. The first-order valence-corrected chi connectivity index (χ1v) is 8.74. The molecule has 3 rings (SSSR count). The number of carbonyl (C=O) groups excluding carboxylic acids is 1. The molecule has 0 saturated heterocycles. The van der Waals surface area contributed by atoms with Crippen LogP contribution in [-0.2, 0) is 10.2 Å². The summed E-state index contributed by atoms with van der Waals surface area (Å²) in [5.74, 6) is -0.235. The first kappa shape index (κ1) is 15.8. The molecule has 0 aliphatic heterocycles. The van der Waals surface area contributed by atoms with Crippen LogP contribution in [0.2, 0.25) is 0 Å². The van der Waals surface area contributed by atoms with Gasteiger partial charge in [-0.2, -0.15) is 0 Å². The second kappa shape index (κ2) is 6.17. The van der Waals surface area contributed by atoms with Crippen LogP contribution in [0.3, 0.4) is 0 Å². The van der Waals surface area contributed by atoms with Crippen molar-refractivity contribution < 1.29 is 4.79 Å². The molecule has 0 spiro atoms. The molecule has 0 saturated carbocycles. The number of thiazole rings is 1. The lowest BCUT2D eigenvalue weighted by Gasteiger charge is -2.12. The predicted molar refractivity (Wildman–Crippen MR) is 95.9 cm³/mol. The normalized spacial score (nSPS) is 12.1. The molecule has 0 aliphatic rings. The maximum Gasteiger partial charge on any atom is 0.250 e. The van der Waals surface area contributed by atoms with Crippen LogP contribution in [-0.4, -0.2) is 21.1 Å². The first-order valence-electron chi connectivity index (χ1n) is 7.10. The topological polar surface area (TPSA) is 67.8 Å². The highest BCUT2D eigenvalue weighted by atomic mass is 32.1. The van der Waals surface area contributed by atoms with E-state index >= 15 is 0 Å². The fraction of sp³-hybridized carbons (Fsp3) is 0.250. The summed E-state index contributed by atoms with van der Waals surface area (Å²) >= 11 is 2.94. The third-order valence-electron chi connectivity index (χ3n) is 2.98. The number of anilines is 1. The van der Waals surface area contributed by atoms with Gasteiger partial charge in [0.05, 0.1) is 10.2 Å². The molecule has 0 bridgehead atoms. The molecule has 3 aromatic rings. The molecule has 0 fully saturated rings. The van der Waals surface area contributed by atoms with Crippen LogP contribution in [0.1, 0.15) is 30.8 Å². The standard InChI is InChI=1S/C16H16N4OS2/c1-16(2,3)14-19-20-15(23-14)18-12(21)8-9-13-17-10-6-4-5-7-11(10)22-13/h4-9H,1-3H3,(H,18,20,21).